The molecule has 0 saturated heterocycles. The van der Waals surface area contributed by atoms with Crippen molar-refractivity contribution in [2.75, 3.05) is 5.32 Å². The summed E-state index contributed by atoms with van der Waals surface area (Å²) in [5.74, 6) is 0.249. The van der Waals surface area contributed by atoms with Crippen LogP contribution in [0.25, 0.3) is 0 Å². The predicted molar refractivity (Wildman–Crippen MR) is 82.1 cm³/mol. The third-order valence-corrected chi connectivity index (χ3v) is 4.43. The van der Waals surface area contributed by atoms with Crippen molar-refractivity contribution in [3.8, 4) is 0 Å². The normalized spacial score (nSPS) is 12.2. The zero-order valence-electron chi connectivity index (χ0n) is 11.0. The Balaban J connectivity index is 2.23. The molecular weight excluding hydrogens is 344 g/mol. The van der Waals surface area contributed by atoms with Gasteiger partial charge in [0.2, 0.25) is 5.82 Å². The fraction of sp³-hybridized carbons (Fsp3) is 0.333. The number of hydrogen-bond acceptors (Lipinski definition) is 6. The van der Waals surface area contributed by atoms with Crippen LogP contribution in [-0.4, -0.2) is 14.9 Å². The van der Waals surface area contributed by atoms with Crippen LogP contribution in [0.15, 0.2) is 22.9 Å². The average molecular weight is 357 g/mol. The fourth-order valence-corrected chi connectivity index (χ4v) is 2.81. The monoisotopic (exact) mass is 356 g/mol. The van der Waals surface area contributed by atoms with Gasteiger partial charge >= 0.3 is 5.69 Å². The maximum absolute atomic E-state index is 11.0. The first-order chi connectivity index (χ1) is 9.51. The van der Waals surface area contributed by atoms with E-state index < -0.39 is 4.92 Å². The van der Waals surface area contributed by atoms with Crippen molar-refractivity contribution < 1.29 is 4.92 Å². The minimum atomic E-state index is -0.452. The van der Waals surface area contributed by atoms with Crippen molar-refractivity contribution >= 4 is 38.8 Å². The van der Waals surface area contributed by atoms with Crippen molar-refractivity contribution in [3.05, 3.63) is 42.9 Å². The van der Waals surface area contributed by atoms with Crippen LogP contribution in [0.5, 0.6) is 0 Å². The lowest BCUT2D eigenvalue weighted by molar-refractivity contribution is -0.384. The first kappa shape index (κ1) is 14.9. The van der Waals surface area contributed by atoms with E-state index >= 15 is 0 Å². The minimum absolute atomic E-state index is 0.0569. The number of nitrogens with one attached hydrogen (secondary N) is 1. The van der Waals surface area contributed by atoms with E-state index in [1.54, 1.807) is 11.3 Å². The van der Waals surface area contributed by atoms with Crippen LogP contribution in [0.3, 0.4) is 0 Å². The highest BCUT2D eigenvalue weighted by Gasteiger charge is 2.19. The minimum Gasteiger partial charge on any atom is -0.355 e. The van der Waals surface area contributed by atoms with Crippen molar-refractivity contribution in [1.82, 2.24) is 9.97 Å². The summed E-state index contributed by atoms with van der Waals surface area (Å²) < 4.78 is 0.574. The van der Waals surface area contributed by atoms with Crippen LogP contribution in [0, 0.1) is 10.1 Å². The molecule has 1 atom stereocenters. The molecule has 1 N–H and O–H groups in total. The number of nitrogens with zero attached hydrogens (tertiary/aromatic N) is 3. The average Bonchev–Trinajstić information content (AvgIpc) is 2.89. The summed E-state index contributed by atoms with van der Waals surface area (Å²) in [5.41, 5.74) is -0.0569. The molecule has 20 heavy (non-hydrogen) atoms. The van der Waals surface area contributed by atoms with Crippen LogP contribution < -0.4 is 5.32 Å². The molecule has 2 rings (SSSR count). The van der Waals surface area contributed by atoms with E-state index in [0.717, 1.165) is 11.4 Å². The summed E-state index contributed by atoms with van der Waals surface area (Å²) in [7, 11) is 0. The number of thiazole rings is 1. The Morgan fingerprint density at radius 3 is 2.85 bits per heavy atom. The fourth-order valence-electron chi connectivity index (χ4n) is 1.63. The zero-order chi connectivity index (χ0) is 14.7. The lowest BCUT2D eigenvalue weighted by Gasteiger charge is -2.11. The lowest BCUT2D eigenvalue weighted by Crippen LogP contribution is -2.09. The van der Waals surface area contributed by atoms with Crippen LogP contribution >= 0.6 is 27.3 Å². The number of pyridine rings is 1. The molecule has 0 bridgehead atoms. The Hall–Kier alpha value is -1.54. The van der Waals surface area contributed by atoms with E-state index in [-0.39, 0.29) is 17.5 Å². The second-order valence-electron chi connectivity index (χ2n) is 4.16. The Bertz CT molecular complexity index is 632. The standard InChI is InChI=1S/C12H13BrN4O2S/c1-3-9-6-15-12(20-9)7(2)16-11-10(17(18)19)4-8(13)5-14-11/h4-7H,3H2,1-2H3,(H,14,16). The van der Waals surface area contributed by atoms with E-state index in [0.29, 0.717) is 4.47 Å². The van der Waals surface area contributed by atoms with Crippen LogP contribution in [0.2, 0.25) is 0 Å². The van der Waals surface area contributed by atoms with E-state index in [9.17, 15) is 10.1 Å². The molecule has 6 nitrogen and oxygen atoms in total. The van der Waals surface area contributed by atoms with Crippen molar-refractivity contribution in [3.63, 3.8) is 0 Å². The maximum Gasteiger partial charge on any atom is 0.312 e. The largest absolute Gasteiger partial charge is 0.355 e. The molecule has 1 unspecified atom stereocenters. The molecule has 0 aliphatic carbocycles. The molecule has 0 saturated carbocycles. The second kappa shape index (κ2) is 6.27. The van der Waals surface area contributed by atoms with E-state index in [4.69, 9.17) is 0 Å². The molecular formula is C12H13BrN4O2S. The highest BCUT2D eigenvalue weighted by Crippen LogP contribution is 2.29. The Kier molecular flexibility index (Phi) is 4.66. The first-order valence-corrected chi connectivity index (χ1v) is 7.63. The number of aryl methyl sites for hydroxylation is 1. The van der Waals surface area contributed by atoms with Gasteiger partial charge in [-0.15, -0.1) is 11.3 Å². The van der Waals surface area contributed by atoms with Gasteiger partial charge in [0.15, 0.2) is 0 Å². The second-order valence-corrected chi connectivity index (χ2v) is 6.23. The van der Waals surface area contributed by atoms with E-state index in [1.165, 1.54) is 17.1 Å². The highest BCUT2D eigenvalue weighted by molar-refractivity contribution is 9.10. The highest BCUT2D eigenvalue weighted by atomic mass is 79.9. The molecule has 0 aliphatic heterocycles. The first-order valence-electron chi connectivity index (χ1n) is 6.02. The zero-order valence-corrected chi connectivity index (χ0v) is 13.4. The van der Waals surface area contributed by atoms with Gasteiger partial charge in [0.05, 0.1) is 11.0 Å². The van der Waals surface area contributed by atoms with Crippen molar-refractivity contribution in [1.29, 1.82) is 0 Å². The molecule has 0 radical (unpaired) electrons. The molecule has 106 valence electrons. The van der Waals surface area contributed by atoms with Gasteiger partial charge in [-0.1, -0.05) is 6.92 Å². The topological polar surface area (TPSA) is 81.0 Å². The molecule has 0 spiro atoms. The number of halogens is 1. The van der Waals surface area contributed by atoms with Gasteiger partial charge in [-0.25, -0.2) is 9.97 Å². The van der Waals surface area contributed by atoms with Crippen LogP contribution in [0.1, 0.15) is 29.8 Å². The molecule has 0 aromatic carbocycles. The lowest BCUT2D eigenvalue weighted by atomic mass is 10.3. The Morgan fingerprint density at radius 2 is 2.25 bits per heavy atom. The molecule has 8 heteroatoms. The summed E-state index contributed by atoms with van der Waals surface area (Å²) >= 11 is 4.78. The van der Waals surface area contributed by atoms with E-state index in [1.807, 2.05) is 13.1 Å². The number of anilines is 1. The van der Waals surface area contributed by atoms with Gasteiger partial charge in [0, 0.05) is 27.8 Å². The third kappa shape index (κ3) is 3.31. The summed E-state index contributed by atoms with van der Waals surface area (Å²) in [6.45, 7) is 3.97. The number of hydrogen-bond donors (Lipinski definition) is 1. The smallest absolute Gasteiger partial charge is 0.312 e. The Labute approximate surface area is 128 Å². The van der Waals surface area contributed by atoms with Gasteiger partial charge in [-0.2, -0.15) is 0 Å². The van der Waals surface area contributed by atoms with Crippen LogP contribution in [0.4, 0.5) is 11.5 Å². The molecule has 0 amide bonds. The summed E-state index contributed by atoms with van der Waals surface area (Å²) in [6.07, 6.45) is 4.30. The molecule has 2 heterocycles. The SMILES string of the molecule is CCc1cnc(C(C)Nc2ncc(Br)cc2[N+](=O)[O-])s1. The van der Waals surface area contributed by atoms with Crippen molar-refractivity contribution in [2.24, 2.45) is 0 Å². The quantitative estimate of drug-likeness (QED) is 0.647. The summed E-state index contributed by atoms with van der Waals surface area (Å²) in [4.78, 5) is 20.2. The van der Waals surface area contributed by atoms with E-state index in [2.05, 4.69) is 38.1 Å². The van der Waals surface area contributed by atoms with Gasteiger partial charge in [-0.05, 0) is 29.3 Å². The molecule has 0 fully saturated rings. The molecule has 2 aromatic heterocycles. The van der Waals surface area contributed by atoms with Crippen molar-refractivity contribution in [2.45, 2.75) is 26.3 Å². The predicted octanol–water partition coefficient (Wildman–Crippen LogP) is 3.94. The Morgan fingerprint density at radius 1 is 1.50 bits per heavy atom. The summed E-state index contributed by atoms with van der Waals surface area (Å²) in [6, 6.07) is 1.30. The van der Waals surface area contributed by atoms with Gasteiger partial charge < -0.3 is 5.32 Å². The van der Waals surface area contributed by atoms with Gasteiger partial charge in [0.25, 0.3) is 0 Å². The molecule has 0 aliphatic rings. The molecule has 2 aromatic rings. The summed E-state index contributed by atoms with van der Waals surface area (Å²) in [5, 5.41) is 15.0. The van der Waals surface area contributed by atoms with Gasteiger partial charge in [-0.3, -0.25) is 10.1 Å². The maximum atomic E-state index is 11.0. The third-order valence-electron chi connectivity index (χ3n) is 2.67. The van der Waals surface area contributed by atoms with Gasteiger partial charge in [0.1, 0.15) is 5.01 Å². The number of rotatable bonds is 5. The van der Waals surface area contributed by atoms with Crippen LogP contribution in [-0.2, 0) is 6.42 Å². The number of nitro groups is 1. The number of aromatic nitrogens is 2.